The van der Waals surface area contributed by atoms with E-state index in [4.69, 9.17) is 9.84 Å². The van der Waals surface area contributed by atoms with Gasteiger partial charge in [-0.05, 0) is 18.1 Å². The zero-order chi connectivity index (χ0) is 13.5. The van der Waals surface area contributed by atoms with Crippen molar-refractivity contribution < 1.29 is 19.0 Å². The van der Waals surface area contributed by atoms with Crippen molar-refractivity contribution in [2.45, 2.75) is 12.8 Å². The Morgan fingerprint density at radius 2 is 2.22 bits per heavy atom. The van der Waals surface area contributed by atoms with Crippen LogP contribution in [0.5, 0.6) is 5.75 Å². The van der Waals surface area contributed by atoms with E-state index in [0.29, 0.717) is 24.3 Å². The average Bonchev–Trinajstić information content (AvgIpc) is 2.38. The van der Waals surface area contributed by atoms with Crippen LogP contribution in [0.15, 0.2) is 18.2 Å². The number of halogens is 1. The summed E-state index contributed by atoms with van der Waals surface area (Å²) in [5.74, 6) is -0.192. The highest BCUT2D eigenvalue weighted by molar-refractivity contribution is 5.78. The van der Waals surface area contributed by atoms with E-state index < -0.39 is 5.82 Å². The maximum absolute atomic E-state index is 13.6. The third-order valence-corrected chi connectivity index (χ3v) is 2.68. The van der Waals surface area contributed by atoms with Gasteiger partial charge in [0.2, 0.25) is 5.91 Å². The summed E-state index contributed by atoms with van der Waals surface area (Å²) in [6, 6.07) is 4.43. The second-order valence-corrected chi connectivity index (χ2v) is 4.03. The first-order valence-corrected chi connectivity index (χ1v) is 5.75. The Labute approximate surface area is 106 Å². The molecule has 0 atom stereocenters. The van der Waals surface area contributed by atoms with Gasteiger partial charge in [-0.25, -0.2) is 4.39 Å². The number of amides is 1. The molecule has 0 saturated heterocycles. The van der Waals surface area contributed by atoms with E-state index in [1.807, 2.05) is 0 Å². The van der Waals surface area contributed by atoms with Gasteiger partial charge in [0.25, 0.3) is 0 Å². The van der Waals surface area contributed by atoms with Crippen LogP contribution in [0.2, 0.25) is 0 Å². The number of rotatable bonds is 6. The SMILES string of the molecule is COc1ccc(CC(=O)N(C)CCCO)c(F)c1. The van der Waals surface area contributed by atoms with Gasteiger partial charge in [0.05, 0.1) is 13.5 Å². The van der Waals surface area contributed by atoms with Crippen LogP contribution in [0.25, 0.3) is 0 Å². The van der Waals surface area contributed by atoms with Crippen LogP contribution in [-0.4, -0.2) is 43.2 Å². The minimum absolute atomic E-state index is 0.0117. The smallest absolute Gasteiger partial charge is 0.226 e. The van der Waals surface area contributed by atoms with Crippen molar-refractivity contribution in [3.8, 4) is 5.75 Å². The molecule has 1 rings (SSSR count). The summed E-state index contributed by atoms with van der Waals surface area (Å²) in [4.78, 5) is 13.3. The molecule has 1 aromatic rings. The van der Waals surface area contributed by atoms with E-state index in [0.717, 1.165) is 0 Å². The van der Waals surface area contributed by atoms with Gasteiger partial charge in [-0.3, -0.25) is 4.79 Å². The number of hydrogen-bond donors (Lipinski definition) is 1. The lowest BCUT2D eigenvalue weighted by molar-refractivity contribution is -0.129. The van der Waals surface area contributed by atoms with Crippen LogP contribution in [0.1, 0.15) is 12.0 Å². The number of nitrogens with zero attached hydrogens (tertiary/aromatic N) is 1. The zero-order valence-electron chi connectivity index (χ0n) is 10.6. The highest BCUT2D eigenvalue weighted by atomic mass is 19.1. The molecule has 0 unspecified atom stereocenters. The Morgan fingerprint density at radius 3 is 2.78 bits per heavy atom. The Morgan fingerprint density at radius 1 is 1.50 bits per heavy atom. The van der Waals surface area contributed by atoms with Gasteiger partial charge in [0.1, 0.15) is 11.6 Å². The number of hydrogen-bond acceptors (Lipinski definition) is 3. The molecule has 0 aromatic heterocycles. The van der Waals surface area contributed by atoms with Crippen LogP contribution < -0.4 is 4.74 Å². The molecule has 1 amide bonds. The molecule has 18 heavy (non-hydrogen) atoms. The highest BCUT2D eigenvalue weighted by Gasteiger charge is 2.12. The van der Waals surface area contributed by atoms with Gasteiger partial charge < -0.3 is 14.7 Å². The first kappa shape index (κ1) is 14.4. The molecule has 0 saturated carbocycles. The van der Waals surface area contributed by atoms with Gasteiger partial charge in [-0.2, -0.15) is 0 Å². The van der Waals surface area contributed by atoms with Gasteiger partial charge in [-0.1, -0.05) is 6.07 Å². The van der Waals surface area contributed by atoms with Gasteiger partial charge >= 0.3 is 0 Å². The number of benzene rings is 1. The molecule has 100 valence electrons. The molecule has 1 N–H and O–H groups in total. The van der Waals surface area contributed by atoms with Crippen LogP contribution in [0.3, 0.4) is 0 Å². The number of ether oxygens (including phenoxy) is 1. The number of likely N-dealkylation sites (N-methyl/N-ethyl adjacent to an activating group) is 1. The summed E-state index contributed by atoms with van der Waals surface area (Å²) < 4.78 is 18.5. The van der Waals surface area contributed by atoms with E-state index in [9.17, 15) is 9.18 Å². The highest BCUT2D eigenvalue weighted by Crippen LogP contribution is 2.17. The molecule has 0 aliphatic heterocycles. The molecule has 0 bridgehead atoms. The minimum atomic E-state index is -0.446. The van der Waals surface area contributed by atoms with Crippen molar-refractivity contribution >= 4 is 5.91 Å². The minimum Gasteiger partial charge on any atom is -0.497 e. The van der Waals surface area contributed by atoms with Crippen molar-refractivity contribution in [2.24, 2.45) is 0 Å². The van der Waals surface area contributed by atoms with Gasteiger partial charge in [-0.15, -0.1) is 0 Å². The third kappa shape index (κ3) is 4.00. The Kier molecular flexibility index (Phi) is 5.58. The van der Waals surface area contributed by atoms with Gasteiger partial charge in [0.15, 0.2) is 0 Å². The molecular weight excluding hydrogens is 237 g/mol. The fourth-order valence-electron chi connectivity index (χ4n) is 1.53. The summed E-state index contributed by atoms with van der Waals surface area (Å²) in [5.41, 5.74) is 0.344. The average molecular weight is 255 g/mol. The van der Waals surface area contributed by atoms with E-state index in [2.05, 4.69) is 0 Å². The second kappa shape index (κ2) is 6.96. The number of aliphatic hydroxyl groups excluding tert-OH is 1. The molecule has 0 aliphatic carbocycles. The monoisotopic (exact) mass is 255 g/mol. The standard InChI is InChI=1S/C13H18FNO3/c1-15(6-3-7-16)13(17)8-10-4-5-11(18-2)9-12(10)14/h4-5,9,16H,3,6-8H2,1-2H3. The van der Waals surface area contributed by atoms with E-state index in [-0.39, 0.29) is 18.9 Å². The molecule has 0 heterocycles. The maximum Gasteiger partial charge on any atom is 0.226 e. The predicted molar refractivity (Wildman–Crippen MR) is 66.0 cm³/mol. The number of carbonyl (C=O) groups is 1. The molecule has 0 spiro atoms. The van der Waals surface area contributed by atoms with Crippen molar-refractivity contribution in [1.82, 2.24) is 4.90 Å². The summed E-state index contributed by atoms with van der Waals surface area (Å²) in [6.07, 6.45) is 0.533. The van der Waals surface area contributed by atoms with Crippen LogP contribution in [0, 0.1) is 5.82 Å². The first-order valence-electron chi connectivity index (χ1n) is 5.75. The van der Waals surface area contributed by atoms with Crippen LogP contribution >= 0.6 is 0 Å². The largest absolute Gasteiger partial charge is 0.497 e. The third-order valence-electron chi connectivity index (χ3n) is 2.68. The van der Waals surface area contributed by atoms with Crippen molar-refractivity contribution in [3.63, 3.8) is 0 Å². The fourth-order valence-corrected chi connectivity index (χ4v) is 1.53. The first-order chi connectivity index (χ1) is 8.58. The Bertz CT molecular complexity index is 409. The van der Waals surface area contributed by atoms with E-state index in [1.165, 1.54) is 18.1 Å². The van der Waals surface area contributed by atoms with E-state index >= 15 is 0 Å². The Hall–Kier alpha value is -1.62. The summed E-state index contributed by atoms with van der Waals surface area (Å²) in [6.45, 7) is 0.502. The molecule has 0 aliphatic rings. The summed E-state index contributed by atoms with van der Waals surface area (Å²) >= 11 is 0. The molecule has 5 heteroatoms. The van der Waals surface area contributed by atoms with Crippen LogP contribution in [-0.2, 0) is 11.2 Å². The lowest BCUT2D eigenvalue weighted by atomic mass is 10.1. The lowest BCUT2D eigenvalue weighted by Crippen LogP contribution is -2.29. The molecule has 0 fully saturated rings. The number of aliphatic hydroxyl groups is 1. The predicted octanol–water partition coefficient (Wildman–Crippen LogP) is 1.22. The molecule has 0 radical (unpaired) electrons. The number of carbonyl (C=O) groups excluding carboxylic acids is 1. The second-order valence-electron chi connectivity index (χ2n) is 4.03. The Balaban J connectivity index is 2.64. The molecule has 4 nitrogen and oxygen atoms in total. The normalized spacial score (nSPS) is 10.2. The summed E-state index contributed by atoms with van der Waals surface area (Å²) in [7, 11) is 3.10. The molecule has 1 aromatic carbocycles. The van der Waals surface area contributed by atoms with E-state index in [1.54, 1.807) is 19.2 Å². The number of methoxy groups -OCH3 is 1. The topological polar surface area (TPSA) is 49.8 Å². The zero-order valence-corrected chi connectivity index (χ0v) is 10.6. The quantitative estimate of drug-likeness (QED) is 0.831. The van der Waals surface area contributed by atoms with Gasteiger partial charge in [0, 0.05) is 26.3 Å². The van der Waals surface area contributed by atoms with Crippen molar-refractivity contribution in [1.29, 1.82) is 0 Å². The van der Waals surface area contributed by atoms with Crippen molar-refractivity contribution in [3.05, 3.63) is 29.6 Å². The fraction of sp³-hybridized carbons (Fsp3) is 0.462. The maximum atomic E-state index is 13.6. The molecular formula is C13H18FNO3. The van der Waals surface area contributed by atoms with Crippen LogP contribution in [0.4, 0.5) is 4.39 Å². The lowest BCUT2D eigenvalue weighted by Gasteiger charge is -2.16. The summed E-state index contributed by atoms with van der Waals surface area (Å²) in [5, 5.41) is 8.68. The van der Waals surface area contributed by atoms with Crippen molar-refractivity contribution in [2.75, 3.05) is 27.3 Å².